The van der Waals surface area contributed by atoms with Gasteiger partial charge in [-0.25, -0.2) is 0 Å². The number of nitrogens with two attached hydrogens (primary N) is 1. The highest BCUT2D eigenvalue weighted by Crippen LogP contribution is 2.41. The van der Waals surface area contributed by atoms with Crippen LogP contribution in [0.1, 0.15) is 94.9 Å². The molecule has 19 atom stereocenters. The van der Waals surface area contributed by atoms with Crippen molar-refractivity contribution in [2.75, 3.05) is 21.2 Å². The zero-order valence-corrected chi connectivity index (χ0v) is 33.2. The number of cyclic esters (lactones) is 1. The number of carbonyl (C=O) groups excluding carboxylic acids is 1. The van der Waals surface area contributed by atoms with Crippen LogP contribution < -0.4 is 5.73 Å². The first-order chi connectivity index (χ1) is 23.4. The number of methoxy groups -OCH3 is 1. The summed E-state index contributed by atoms with van der Waals surface area (Å²) in [5.74, 6) is -3.57. The molecule has 3 rings (SSSR count). The molecule has 51 heavy (non-hydrogen) atoms. The third kappa shape index (κ3) is 9.63. The van der Waals surface area contributed by atoms with Crippen molar-refractivity contribution < 1.29 is 58.7 Å². The zero-order chi connectivity index (χ0) is 39.0. The van der Waals surface area contributed by atoms with Gasteiger partial charge in [-0.05, 0) is 80.8 Å². The van der Waals surface area contributed by atoms with Gasteiger partial charge >= 0.3 is 5.97 Å². The Morgan fingerprint density at radius 2 is 1.53 bits per heavy atom. The Morgan fingerprint density at radius 3 is 2.08 bits per heavy atom. The van der Waals surface area contributed by atoms with Crippen molar-refractivity contribution in [2.45, 2.75) is 185 Å². The molecule has 0 bridgehead atoms. The SMILES string of the molecule is CC[C@@H]1OC(=O)[C@@H](C)C(OC2CC(C)(OC)C(O)C(C)O2)[C@@H](C)[C@H](OC2OC(C)CC(N(C)C)C2O)[C@@](C)(O)C[C@H](C)[C@@H](N)[C@@H](C)[C@H](O)[C@@]1(C)O. The summed E-state index contributed by atoms with van der Waals surface area (Å²) in [6, 6.07) is -0.983. The van der Waals surface area contributed by atoms with Gasteiger partial charge in [0.05, 0.1) is 47.6 Å². The molecule has 0 spiro atoms. The molecule has 0 saturated carbocycles. The molecule has 3 saturated heterocycles. The molecule has 3 aliphatic heterocycles. The van der Waals surface area contributed by atoms with Crippen molar-refractivity contribution in [1.82, 2.24) is 4.90 Å². The monoisotopic (exact) mass is 734 g/mol. The summed E-state index contributed by atoms with van der Waals surface area (Å²) < 4.78 is 37.3. The Morgan fingerprint density at radius 1 is 0.922 bits per heavy atom. The fraction of sp³-hybridized carbons (Fsp3) is 0.973. The Balaban J connectivity index is 2.18. The summed E-state index contributed by atoms with van der Waals surface area (Å²) in [5, 5.41) is 58.0. The molecule has 7 N–H and O–H groups in total. The molecule has 300 valence electrons. The van der Waals surface area contributed by atoms with Crippen LogP contribution in [0.3, 0.4) is 0 Å². The van der Waals surface area contributed by atoms with Crippen LogP contribution in [-0.4, -0.2) is 148 Å². The minimum absolute atomic E-state index is 0.0888. The fourth-order valence-corrected chi connectivity index (χ4v) is 8.63. The molecular formula is C37H70N2O12. The van der Waals surface area contributed by atoms with Crippen LogP contribution in [0.4, 0.5) is 0 Å². The molecule has 0 aromatic heterocycles. The molecule has 14 nitrogen and oxygen atoms in total. The van der Waals surface area contributed by atoms with E-state index in [4.69, 9.17) is 34.2 Å². The van der Waals surface area contributed by atoms with E-state index in [1.807, 2.05) is 32.8 Å². The van der Waals surface area contributed by atoms with E-state index in [9.17, 15) is 30.3 Å². The summed E-state index contributed by atoms with van der Waals surface area (Å²) in [5.41, 5.74) is 2.20. The maximum atomic E-state index is 14.1. The first kappa shape index (κ1) is 44.4. The maximum Gasteiger partial charge on any atom is 0.311 e. The molecular weight excluding hydrogens is 664 g/mol. The minimum atomic E-state index is -1.85. The number of likely N-dealkylation sites (N-methyl/N-ethyl adjacent to an activating group) is 1. The predicted octanol–water partition coefficient (Wildman–Crippen LogP) is 1.54. The Hall–Kier alpha value is -1.01. The maximum absolute atomic E-state index is 14.1. The van der Waals surface area contributed by atoms with Gasteiger partial charge < -0.3 is 64.6 Å². The summed E-state index contributed by atoms with van der Waals surface area (Å²) in [6.45, 7) is 17.2. The largest absolute Gasteiger partial charge is 0.459 e. The van der Waals surface area contributed by atoms with Gasteiger partial charge in [0.2, 0.25) is 0 Å². The second-order valence-electron chi connectivity index (χ2n) is 16.8. The van der Waals surface area contributed by atoms with Crippen LogP contribution >= 0.6 is 0 Å². The normalized spacial score (nSPS) is 51.2. The Kier molecular flexibility index (Phi) is 15.0. The van der Waals surface area contributed by atoms with E-state index in [0.717, 1.165) is 0 Å². The van der Waals surface area contributed by atoms with Gasteiger partial charge in [0, 0.05) is 37.5 Å². The van der Waals surface area contributed by atoms with E-state index in [0.29, 0.717) is 6.42 Å². The quantitative estimate of drug-likeness (QED) is 0.206. The summed E-state index contributed by atoms with van der Waals surface area (Å²) in [7, 11) is 5.24. The van der Waals surface area contributed by atoms with Crippen molar-refractivity contribution in [3.05, 3.63) is 0 Å². The van der Waals surface area contributed by atoms with Gasteiger partial charge in [0.15, 0.2) is 12.6 Å². The number of rotatable bonds is 7. The van der Waals surface area contributed by atoms with Crippen LogP contribution in [-0.2, 0) is 33.2 Å². The smallest absolute Gasteiger partial charge is 0.311 e. The summed E-state index contributed by atoms with van der Waals surface area (Å²) >= 11 is 0. The van der Waals surface area contributed by atoms with Crippen molar-refractivity contribution in [2.24, 2.45) is 29.4 Å². The molecule has 3 aliphatic rings. The number of aliphatic hydroxyl groups excluding tert-OH is 3. The number of hydrogen-bond donors (Lipinski definition) is 6. The number of nitrogens with zero attached hydrogens (tertiary/aromatic N) is 1. The average Bonchev–Trinajstić information content (AvgIpc) is 3.05. The molecule has 0 aromatic rings. The van der Waals surface area contributed by atoms with Gasteiger partial charge in [-0.1, -0.05) is 27.7 Å². The topological polar surface area (TPSA) is 203 Å². The van der Waals surface area contributed by atoms with Crippen molar-refractivity contribution in [3.63, 3.8) is 0 Å². The van der Waals surface area contributed by atoms with E-state index >= 15 is 0 Å². The highest BCUT2D eigenvalue weighted by molar-refractivity contribution is 5.73. The lowest BCUT2D eigenvalue weighted by atomic mass is 9.72. The highest BCUT2D eigenvalue weighted by Gasteiger charge is 2.53. The Bertz CT molecular complexity index is 1130. The molecule has 14 heteroatoms. The average molecular weight is 735 g/mol. The zero-order valence-electron chi connectivity index (χ0n) is 33.2. The number of carbonyl (C=O) groups is 1. The molecule has 9 unspecified atom stereocenters. The van der Waals surface area contributed by atoms with Gasteiger partial charge in [0.1, 0.15) is 23.9 Å². The molecule has 0 amide bonds. The first-order valence-electron chi connectivity index (χ1n) is 18.7. The first-order valence-corrected chi connectivity index (χ1v) is 18.7. The molecule has 0 radical (unpaired) electrons. The number of ether oxygens (including phenoxy) is 6. The fourth-order valence-electron chi connectivity index (χ4n) is 8.63. The molecule has 3 fully saturated rings. The highest BCUT2D eigenvalue weighted by atomic mass is 16.7. The van der Waals surface area contributed by atoms with Gasteiger partial charge in [-0.2, -0.15) is 0 Å². The van der Waals surface area contributed by atoms with E-state index in [1.54, 1.807) is 48.5 Å². The van der Waals surface area contributed by atoms with Crippen molar-refractivity contribution in [3.8, 4) is 0 Å². The van der Waals surface area contributed by atoms with Crippen LogP contribution in [0, 0.1) is 23.7 Å². The third-order valence-electron chi connectivity index (χ3n) is 12.2. The molecule has 3 heterocycles. The van der Waals surface area contributed by atoms with Gasteiger partial charge in [-0.3, -0.25) is 4.79 Å². The van der Waals surface area contributed by atoms with E-state index in [-0.39, 0.29) is 31.4 Å². The van der Waals surface area contributed by atoms with Crippen LogP contribution in [0.15, 0.2) is 0 Å². The molecule has 0 aromatic carbocycles. The predicted molar refractivity (Wildman–Crippen MR) is 189 cm³/mol. The number of esters is 1. The third-order valence-corrected chi connectivity index (χ3v) is 12.2. The van der Waals surface area contributed by atoms with E-state index in [1.165, 1.54) is 14.0 Å². The lowest BCUT2D eigenvalue weighted by Crippen LogP contribution is -2.62. The van der Waals surface area contributed by atoms with Gasteiger partial charge in [0.25, 0.3) is 0 Å². The lowest BCUT2D eigenvalue weighted by molar-refractivity contribution is -0.318. The molecule has 0 aliphatic carbocycles. The Labute approximate surface area is 305 Å². The lowest BCUT2D eigenvalue weighted by Gasteiger charge is -2.49. The minimum Gasteiger partial charge on any atom is -0.459 e. The van der Waals surface area contributed by atoms with Crippen molar-refractivity contribution in [1.29, 1.82) is 0 Å². The second kappa shape index (κ2) is 17.2. The van der Waals surface area contributed by atoms with Crippen LogP contribution in [0.2, 0.25) is 0 Å². The summed E-state index contributed by atoms with van der Waals surface area (Å²) in [6.07, 6.45) is -8.68. The van der Waals surface area contributed by atoms with Gasteiger partial charge in [-0.15, -0.1) is 0 Å². The van der Waals surface area contributed by atoms with E-state index in [2.05, 4.69) is 0 Å². The number of hydrogen-bond acceptors (Lipinski definition) is 14. The summed E-state index contributed by atoms with van der Waals surface area (Å²) in [4.78, 5) is 16.0. The van der Waals surface area contributed by atoms with E-state index < -0.39 is 108 Å². The van der Waals surface area contributed by atoms with Crippen molar-refractivity contribution >= 4 is 5.97 Å². The number of aliphatic hydroxyl groups is 5. The second-order valence-corrected chi connectivity index (χ2v) is 16.8. The van der Waals surface area contributed by atoms with Crippen LogP contribution in [0.25, 0.3) is 0 Å². The van der Waals surface area contributed by atoms with Crippen LogP contribution in [0.5, 0.6) is 0 Å². The standard InChI is InChI=1S/C37H70N2O12/c1-14-25-37(10,45)30(41)20(4)27(38)18(2)16-35(8,44)32(51-34-28(40)24(39(11)12)15-19(3)47-34)21(5)29(22(6)33(43)49-25)50-26-17-36(9,46-13)31(42)23(7)48-26/h18-32,34,40-42,44-45H,14-17,38H2,1-13H3/t18-,19?,20+,21+,22-,23?,24?,25-,26?,27+,28?,29?,30-,31?,32-,34?,35-,36?,37-/m0/s1.